The second kappa shape index (κ2) is 11.3. The summed E-state index contributed by atoms with van der Waals surface area (Å²) in [5.74, 6) is -0.594. The van der Waals surface area contributed by atoms with Crippen molar-refractivity contribution in [3.8, 4) is 0 Å². The molecular weight excluding hydrogens is 611 g/mol. The molecule has 1 saturated heterocycles. The normalized spacial score (nSPS) is 21.4. The van der Waals surface area contributed by atoms with Crippen LogP contribution in [0.4, 0.5) is 30.7 Å². The highest BCUT2D eigenvalue weighted by Crippen LogP contribution is 2.57. The molecule has 1 aliphatic heterocycles. The highest BCUT2D eigenvalue weighted by Gasteiger charge is 2.74. The van der Waals surface area contributed by atoms with E-state index in [1.54, 1.807) is 0 Å². The van der Waals surface area contributed by atoms with E-state index in [2.05, 4.69) is 0 Å². The first-order valence-electron chi connectivity index (χ1n) is 13.7. The number of amides is 1. The minimum absolute atomic E-state index is 0.0204. The van der Waals surface area contributed by atoms with Gasteiger partial charge in [-0.1, -0.05) is 62.6 Å². The van der Waals surface area contributed by atoms with E-state index in [4.69, 9.17) is 11.6 Å². The average Bonchev–Trinajstić information content (AvgIpc) is 3.32. The third-order valence-electron chi connectivity index (χ3n) is 8.56. The second-order valence-electron chi connectivity index (χ2n) is 11.0. The van der Waals surface area contributed by atoms with E-state index >= 15 is 0 Å². The van der Waals surface area contributed by atoms with E-state index in [9.17, 15) is 43.9 Å². The van der Waals surface area contributed by atoms with Gasteiger partial charge in [-0.05, 0) is 61.4 Å². The largest absolute Gasteiger partial charge is 0.435 e. The zero-order chi connectivity index (χ0) is 31.3. The Bertz CT molecular complexity index is 1420. The SMILES string of the molecule is CCCC(CCC)C(=O)N1CCC2(S(=O)(=O)c3cccc(Cl)c3)c3ccc(C(F)(C(F)(F)F)C(F)(F)F)cc3CCC12. The Hall–Kier alpha value is -2.34. The van der Waals surface area contributed by atoms with Gasteiger partial charge in [0.25, 0.3) is 0 Å². The van der Waals surface area contributed by atoms with Crippen LogP contribution in [0.5, 0.6) is 0 Å². The van der Waals surface area contributed by atoms with Crippen LogP contribution in [0.15, 0.2) is 47.4 Å². The standard InChI is InChI=1S/C29H31ClF7NO3S/c1-3-6-18(7-4-2)25(39)38-15-14-26(42(40,41)22-9-5-8-21(30)17-22)23-12-11-20(16-19(23)10-13-24(26)38)27(31,28(32,33)34)29(35,36)37/h5,8-9,11-12,16-18,24H,3-4,6-7,10,13-15H2,1-2H3. The van der Waals surface area contributed by atoms with Crippen LogP contribution in [0.3, 0.4) is 0 Å². The van der Waals surface area contributed by atoms with Gasteiger partial charge in [-0.25, -0.2) is 12.8 Å². The first kappa shape index (κ1) is 32.6. The molecule has 2 unspecified atom stereocenters. The summed E-state index contributed by atoms with van der Waals surface area (Å²) < 4.78 is 123. The van der Waals surface area contributed by atoms with Crippen LogP contribution in [0.1, 0.15) is 69.1 Å². The summed E-state index contributed by atoms with van der Waals surface area (Å²) in [5, 5.41) is 0.102. The molecule has 4 nitrogen and oxygen atoms in total. The minimum Gasteiger partial charge on any atom is -0.337 e. The van der Waals surface area contributed by atoms with Gasteiger partial charge < -0.3 is 4.90 Å². The number of alkyl halides is 7. The van der Waals surface area contributed by atoms with Gasteiger partial charge in [0, 0.05) is 23.0 Å². The number of fused-ring (bicyclic) bond motifs is 3. The molecule has 0 N–H and O–H groups in total. The maximum absolute atomic E-state index is 15.0. The van der Waals surface area contributed by atoms with Gasteiger partial charge in [0.2, 0.25) is 5.91 Å². The van der Waals surface area contributed by atoms with E-state index in [-0.39, 0.29) is 58.7 Å². The number of likely N-dealkylation sites (tertiary alicyclic amines) is 1. The van der Waals surface area contributed by atoms with Crippen molar-refractivity contribution in [1.82, 2.24) is 4.90 Å². The molecule has 0 radical (unpaired) electrons. The molecule has 2 aromatic carbocycles. The van der Waals surface area contributed by atoms with Crippen molar-refractivity contribution >= 4 is 27.3 Å². The fourth-order valence-electron chi connectivity index (χ4n) is 6.66. The highest BCUT2D eigenvalue weighted by atomic mass is 35.5. The number of carbonyl (C=O) groups excluding carboxylic acids is 1. The summed E-state index contributed by atoms with van der Waals surface area (Å²) in [6.07, 6.45) is -10.4. The van der Waals surface area contributed by atoms with E-state index in [1.165, 1.54) is 29.2 Å². The van der Waals surface area contributed by atoms with Gasteiger partial charge in [0.05, 0.1) is 10.9 Å². The van der Waals surface area contributed by atoms with Crippen LogP contribution in [-0.4, -0.2) is 44.2 Å². The van der Waals surface area contributed by atoms with Gasteiger partial charge in [-0.15, -0.1) is 0 Å². The smallest absolute Gasteiger partial charge is 0.337 e. The Labute approximate surface area is 245 Å². The Morgan fingerprint density at radius 2 is 1.62 bits per heavy atom. The summed E-state index contributed by atoms with van der Waals surface area (Å²) in [5.41, 5.74) is -7.51. The number of aryl methyl sites for hydroxylation is 1. The van der Waals surface area contributed by atoms with E-state index in [0.717, 1.165) is 18.9 Å². The fourth-order valence-corrected chi connectivity index (χ4v) is 9.33. The molecule has 2 aromatic rings. The number of sulfone groups is 1. The molecule has 1 amide bonds. The first-order valence-corrected chi connectivity index (χ1v) is 15.6. The van der Waals surface area contributed by atoms with Crippen molar-refractivity contribution in [3.63, 3.8) is 0 Å². The van der Waals surface area contributed by atoms with E-state index in [1.807, 2.05) is 13.8 Å². The fraction of sp³-hybridized carbons (Fsp3) is 0.552. The molecule has 0 spiro atoms. The van der Waals surface area contributed by atoms with Crippen LogP contribution in [0.2, 0.25) is 5.02 Å². The molecule has 4 rings (SSSR count). The first-order chi connectivity index (χ1) is 19.5. The maximum atomic E-state index is 15.0. The summed E-state index contributed by atoms with van der Waals surface area (Å²) in [7, 11) is -4.43. The topological polar surface area (TPSA) is 54.5 Å². The molecule has 0 aromatic heterocycles. The molecule has 1 fully saturated rings. The summed E-state index contributed by atoms with van der Waals surface area (Å²) in [4.78, 5) is 15.1. The van der Waals surface area contributed by atoms with Crippen molar-refractivity contribution in [3.05, 3.63) is 64.2 Å². The van der Waals surface area contributed by atoms with Crippen LogP contribution in [0.25, 0.3) is 0 Å². The maximum Gasteiger partial charge on any atom is 0.435 e. The lowest BCUT2D eigenvalue weighted by Gasteiger charge is -2.43. The zero-order valence-electron chi connectivity index (χ0n) is 23.0. The van der Waals surface area contributed by atoms with Crippen LogP contribution in [0, 0.1) is 5.92 Å². The van der Waals surface area contributed by atoms with Gasteiger partial charge in [0.15, 0.2) is 9.84 Å². The van der Waals surface area contributed by atoms with Crippen LogP contribution < -0.4 is 0 Å². The van der Waals surface area contributed by atoms with Crippen LogP contribution >= 0.6 is 11.6 Å². The quantitative estimate of drug-likeness (QED) is 0.274. The van der Waals surface area contributed by atoms with Gasteiger partial charge in [-0.3, -0.25) is 4.79 Å². The molecule has 13 heteroatoms. The second-order valence-corrected chi connectivity index (χ2v) is 13.6. The molecule has 1 heterocycles. The molecule has 2 atom stereocenters. The number of nitrogens with zero attached hydrogens (tertiary/aromatic N) is 1. The van der Waals surface area contributed by atoms with Crippen molar-refractivity contribution < 1.29 is 43.9 Å². The predicted molar refractivity (Wildman–Crippen MR) is 143 cm³/mol. The Balaban J connectivity index is 1.94. The lowest BCUT2D eigenvalue weighted by Crippen LogP contribution is -2.53. The number of benzene rings is 2. The number of hydrogen-bond acceptors (Lipinski definition) is 3. The third kappa shape index (κ3) is 5.00. The van der Waals surface area contributed by atoms with Crippen molar-refractivity contribution in [1.29, 1.82) is 0 Å². The molecular formula is C29H31ClF7NO3S. The van der Waals surface area contributed by atoms with E-state index in [0.29, 0.717) is 25.0 Å². The van der Waals surface area contributed by atoms with Crippen molar-refractivity contribution in [2.75, 3.05) is 6.54 Å². The van der Waals surface area contributed by atoms with Gasteiger partial charge >= 0.3 is 18.0 Å². The average molecular weight is 642 g/mol. The Morgan fingerprint density at radius 3 is 2.17 bits per heavy atom. The number of carbonyl (C=O) groups is 1. The Morgan fingerprint density at radius 1 is 1.00 bits per heavy atom. The summed E-state index contributed by atoms with van der Waals surface area (Å²) in [6, 6.07) is 6.13. The van der Waals surface area contributed by atoms with E-state index < -0.39 is 44.2 Å². The lowest BCUT2D eigenvalue weighted by molar-refractivity contribution is -0.348. The lowest BCUT2D eigenvalue weighted by atomic mass is 9.76. The summed E-state index contributed by atoms with van der Waals surface area (Å²) in [6.45, 7) is 3.87. The highest BCUT2D eigenvalue weighted by molar-refractivity contribution is 7.92. The van der Waals surface area contributed by atoms with Gasteiger partial charge in [0.1, 0.15) is 4.75 Å². The molecule has 0 bridgehead atoms. The number of hydrogen-bond donors (Lipinski definition) is 0. The number of rotatable bonds is 8. The van der Waals surface area contributed by atoms with Crippen molar-refractivity contribution in [2.24, 2.45) is 5.92 Å². The van der Waals surface area contributed by atoms with Gasteiger partial charge in [-0.2, -0.15) is 26.3 Å². The monoisotopic (exact) mass is 641 g/mol. The molecule has 1 aliphatic carbocycles. The number of halogens is 8. The molecule has 232 valence electrons. The minimum atomic E-state index is -6.31. The molecule has 2 aliphatic rings. The zero-order valence-corrected chi connectivity index (χ0v) is 24.5. The third-order valence-corrected chi connectivity index (χ3v) is 11.3. The molecule has 0 saturated carbocycles. The van der Waals surface area contributed by atoms with Crippen molar-refractivity contribution in [2.45, 2.75) is 92.5 Å². The Kier molecular flexibility index (Phi) is 8.76. The summed E-state index contributed by atoms with van der Waals surface area (Å²) >= 11 is 6.09. The predicted octanol–water partition coefficient (Wildman–Crippen LogP) is 8.06. The molecule has 42 heavy (non-hydrogen) atoms. The van der Waals surface area contributed by atoms with Crippen LogP contribution in [-0.2, 0) is 31.5 Å².